The summed E-state index contributed by atoms with van der Waals surface area (Å²) in [5.74, 6) is 2.54. The number of hydrogen-bond acceptors (Lipinski definition) is 4. The highest BCUT2D eigenvalue weighted by atomic mass is 15.1. The average molecular weight is 234 g/mol. The molecule has 1 saturated carbocycles. The van der Waals surface area contributed by atoms with Crippen LogP contribution in [0.1, 0.15) is 38.2 Å². The molecule has 0 unspecified atom stereocenters. The van der Waals surface area contributed by atoms with Gasteiger partial charge >= 0.3 is 0 Å². The third-order valence-electron chi connectivity index (χ3n) is 3.55. The molecule has 1 aromatic heterocycles. The Morgan fingerprint density at radius 1 is 1.24 bits per heavy atom. The van der Waals surface area contributed by atoms with E-state index in [-0.39, 0.29) is 0 Å². The van der Waals surface area contributed by atoms with E-state index in [2.05, 4.69) is 27.5 Å². The predicted octanol–water partition coefficient (Wildman–Crippen LogP) is 2.82. The minimum Gasteiger partial charge on any atom is -0.367 e. The molecule has 1 fully saturated rings. The molecule has 4 heteroatoms. The molecule has 17 heavy (non-hydrogen) atoms. The zero-order valence-corrected chi connectivity index (χ0v) is 11.0. The number of nitrogens with one attached hydrogen (secondary N) is 2. The Morgan fingerprint density at radius 2 is 1.94 bits per heavy atom. The smallest absolute Gasteiger partial charge is 0.224 e. The van der Waals surface area contributed by atoms with Gasteiger partial charge in [0, 0.05) is 24.8 Å². The van der Waals surface area contributed by atoms with Gasteiger partial charge in [-0.2, -0.15) is 4.98 Å². The van der Waals surface area contributed by atoms with Gasteiger partial charge in [0.2, 0.25) is 5.95 Å². The fraction of sp³-hybridized carbons (Fsp3) is 0.692. The van der Waals surface area contributed by atoms with Crippen molar-refractivity contribution in [2.75, 3.05) is 17.7 Å². The second-order valence-corrected chi connectivity index (χ2v) is 5.08. The summed E-state index contributed by atoms with van der Waals surface area (Å²) in [7, 11) is 1.84. The summed E-state index contributed by atoms with van der Waals surface area (Å²) in [5, 5.41) is 6.53. The molecule has 1 heterocycles. The summed E-state index contributed by atoms with van der Waals surface area (Å²) in [6, 6.07) is 0.574. The van der Waals surface area contributed by atoms with E-state index >= 15 is 0 Å². The van der Waals surface area contributed by atoms with Crippen molar-refractivity contribution in [2.24, 2.45) is 5.92 Å². The topological polar surface area (TPSA) is 49.8 Å². The van der Waals surface area contributed by atoms with E-state index in [4.69, 9.17) is 0 Å². The first-order valence-electron chi connectivity index (χ1n) is 6.47. The summed E-state index contributed by atoms with van der Waals surface area (Å²) in [4.78, 5) is 8.67. The van der Waals surface area contributed by atoms with Gasteiger partial charge in [0.15, 0.2) is 0 Å². The zero-order chi connectivity index (χ0) is 12.3. The van der Waals surface area contributed by atoms with Crippen molar-refractivity contribution in [1.82, 2.24) is 9.97 Å². The Labute approximate surface area is 103 Å². The molecule has 0 aromatic carbocycles. The molecular weight excluding hydrogens is 212 g/mol. The quantitative estimate of drug-likeness (QED) is 0.844. The molecular formula is C13H22N4. The third kappa shape index (κ3) is 3.08. The summed E-state index contributed by atoms with van der Waals surface area (Å²) in [5.41, 5.74) is 1.11. The second kappa shape index (κ2) is 5.34. The fourth-order valence-corrected chi connectivity index (χ4v) is 2.31. The Hall–Kier alpha value is -1.32. The van der Waals surface area contributed by atoms with Crippen LogP contribution in [-0.2, 0) is 0 Å². The van der Waals surface area contributed by atoms with Crippen LogP contribution in [-0.4, -0.2) is 23.1 Å². The van der Waals surface area contributed by atoms with E-state index in [1.165, 1.54) is 25.7 Å². The molecule has 4 nitrogen and oxygen atoms in total. The molecule has 0 radical (unpaired) electrons. The van der Waals surface area contributed by atoms with E-state index < -0.39 is 0 Å². The van der Waals surface area contributed by atoms with Crippen LogP contribution in [0.25, 0.3) is 0 Å². The lowest BCUT2D eigenvalue weighted by atomic mass is 9.87. The molecule has 2 N–H and O–H groups in total. The maximum Gasteiger partial charge on any atom is 0.224 e. The lowest BCUT2D eigenvalue weighted by Crippen LogP contribution is -2.26. The summed E-state index contributed by atoms with van der Waals surface area (Å²) in [6.07, 6.45) is 7.01. The van der Waals surface area contributed by atoms with Gasteiger partial charge in [0.05, 0.1) is 0 Å². The maximum atomic E-state index is 4.47. The zero-order valence-electron chi connectivity index (χ0n) is 11.0. The SMILES string of the molecule is CNc1ncc(C)c(NC2CCC(C)CC2)n1. The Bertz CT molecular complexity index is 370. The van der Waals surface area contributed by atoms with Crippen molar-refractivity contribution in [3.8, 4) is 0 Å². The first kappa shape index (κ1) is 12.1. The van der Waals surface area contributed by atoms with Gasteiger partial charge in [-0.15, -0.1) is 0 Å². The normalized spacial score (nSPS) is 24.4. The van der Waals surface area contributed by atoms with Crippen LogP contribution in [0.5, 0.6) is 0 Å². The molecule has 0 bridgehead atoms. The van der Waals surface area contributed by atoms with Crippen molar-refractivity contribution in [1.29, 1.82) is 0 Å². The van der Waals surface area contributed by atoms with Crippen LogP contribution in [0.2, 0.25) is 0 Å². The Balaban J connectivity index is 2.02. The number of aromatic nitrogens is 2. The third-order valence-corrected chi connectivity index (χ3v) is 3.55. The number of hydrogen-bond donors (Lipinski definition) is 2. The number of aryl methyl sites for hydroxylation is 1. The average Bonchev–Trinajstić information content (AvgIpc) is 2.35. The van der Waals surface area contributed by atoms with E-state index in [1.54, 1.807) is 0 Å². The molecule has 0 atom stereocenters. The number of anilines is 2. The van der Waals surface area contributed by atoms with Gasteiger partial charge in [-0.1, -0.05) is 6.92 Å². The van der Waals surface area contributed by atoms with Crippen molar-refractivity contribution in [3.63, 3.8) is 0 Å². The maximum absolute atomic E-state index is 4.47. The van der Waals surface area contributed by atoms with E-state index in [0.717, 1.165) is 17.3 Å². The Kier molecular flexibility index (Phi) is 3.82. The molecule has 1 aliphatic carbocycles. The summed E-state index contributed by atoms with van der Waals surface area (Å²) >= 11 is 0. The van der Waals surface area contributed by atoms with Crippen LogP contribution in [0.3, 0.4) is 0 Å². The molecule has 2 rings (SSSR count). The van der Waals surface area contributed by atoms with Gasteiger partial charge in [-0.05, 0) is 38.5 Å². The van der Waals surface area contributed by atoms with Gasteiger partial charge < -0.3 is 10.6 Å². The van der Waals surface area contributed by atoms with Gasteiger partial charge in [0.1, 0.15) is 5.82 Å². The molecule has 94 valence electrons. The van der Waals surface area contributed by atoms with Crippen LogP contribution in [0.15, 0.2) is 6.20 Å². The van der Waals surface area contributed by atoms with Crippen LogP contribution in [0, 0.1) is 12.8 Å². The highest BCUT2D eigenvalue weighted by Gasteiger charge is 2.18. The first-order valence-corrected chi connectivity index (χ1v) is 6.47. The van der Waals surface area contributed by atoms with Crippen molar-refractivity contribution in [2.45, 2.75) is 45.6 Å². The predicted molar refractivity (Wildman–Crippen MR) is 71.4 cm³/mol. The van der Waals surface area contributed by atoms with Crippen molar-refractivity contribution in [3.05, 3.63) is 11.8 Å². The Morgan fingerprint density at radius 3 is 2.59 bits per heavy atom. The second-order valence-electron chi connectivity index (χ2n) is 5.08. The monoisotopic (exact) mass is 234 g/mol. The minimum absolute atomic E-state index is 0.574. The summed E-state index contributed by atoms with van der Waals surface area (Å²) in [6.45, 7) is 4.39. The highest BCUT2D eigenvalue weighted by Crippen LogP contribution is 2.26. The lowest BCUT2D eigenvalue weighted by Gasteiger charge is -2.27. The van der Waals surface area contributed by atoms with Crippen LogP contribution in [0.4, 0.5) is 11.8 Å². The van der Waals surface area contributed by atoms with Crippen molar-refractivity contribution < 1.29 is 0 Å². The van der Waals surface area contributed by atoms with Crippen molar-refractivity contribution >= 4 is 11.8 Å². The highest BCUT2D eigenvalue weighted by molar-refractivity contribution is 5.46. The van der Waals surface area contributed by atoms with Gasteiger partial charge in [-0.3, -0.25) is 0 Å². The number of rotatable bonds is 3. The van der Waals surface area contributed by atoms with Crippen LogP contribution < -0.4 is 10.6 Å². The molecule has 0 aliphatic heterocycles. The standard InChI is InChI=1S/C13H22N4/c1-9-4-6-11(7-5-9)16-12-10(2)8-15-13(14-3)17-12/h8-9,11H,4-7H2,1-3H3,(H2,14,15,16,17). The van der Waals surface area contributed by atoms with Gasteiger partial charge in [0.25, 0.3) is 0 Å². The lowest BCUT2D eigenvalue weighted by molar-refractivity contribution is 0.360. The molecule has 0 amide bonds. The molecule has 0 saturated heterocycles. The first-order chi connectivity index (χ1) is 8.19. The molecule has 1 aliphatic rings. The number of nitrogens with zero attached hydrogens (tertiary/aromatic N) is 2. The van der Waals surface area contributed by atoms with Crippen LogP contribution >= 0.6 is 0 Å². The molecule has 0 spiro atoms. The fourth-order valence-electron chi connectivity index (χ4n) is 2.31. The van der Waals surface area contributed by atoms with E-state index in [0.29, 0.717) is 12.0 Å². The van der Waals surface area contributed by atoms with E-state index in [1.807, 2.05) is 20.2 Å². The molecule has 1 aromatic rings. The van der Waals surface area contributed by atoms with E-state index in [9.17, 15) is 0 Å². The minimum atomic E-state index is 0.574. The summed E-state index contributed by atoms with van der Waals surface area (Å²) < 4.78 is 0. The largest absolute Gasteiger partial charge is 0.367 e. The van der Waals surface area contributed by atoms with Gasteiger partial charge in [-0.25, -0.2) is 4.98 Å².